The lowest BCUT2D eigenvalue weighted by atomic mass is 9.77. The van der Waals surface area contributed by atoms with Crippen LogP contribution in [0, 0.1) is 5.82 Å². The Kier molecular flexibility index (Phi) is 7.61. The van der Waals surface area contributed by atoms with Gasteiger partial charge in [0.2, 0.25) is 12.1 Å². The number of likely N-dealkylation sites (N-methyl/N-ethyl adjacent to an activating group) is 2. The smallest absolute Gasteiger partial charge is 0.249 e. The van der Waals surface area contributed by atoms with Crippen molar-refractivity contribution in [1.82, 2.24) is 16.0 Å². The van der Waals surface area contributed by atoms with Gasteiger partial charge in [-0.1, -0.05) is 12.1 Å². The number of aliphatic hydroxyl groups excluding tert-OH is 1. The Bertz CT molecular complexity index is 835. The first-order valence-corrected chi connectivity index (χ1v) is 11.6. The molecule has 1 aliphatic carbocycles. The van der Waals surface area contributed by atoms with Crippen molar-refractivity contribution < 1.29 is 38.7 Å². The highest BCUT2D eigenvalue weighted by atomic mass is 19.1. The van der Waals surface area contributed by atoms with Gasteiger partial charge in [-0.05, 0) is 38.7 Å². The zero-order valence-electron chi connectivity index (χ0n) is 19.9. The molecule has 6 N–H and O–H groups in total. The van der Waals surface area contributed by atoms with Gasteiger partial charge < -0.3 is 50.2 Å². The first kappa shape index (κ1) is 25.8. The third kappa shape index (κ3) is 4.39. The van der Waals surface area contributed by atoms with Gasteiger partial charge in [-0.15, -0.1) is 0 Å². The predicted molar refractivity (Wildman–Crippen MR) is 119 cm³/mol. The Labute approximate surface area is 198 Å². The molecule has 2 saturated heterocycles. The van der Waals surface area contributed by atoms with Crippen molar-refractivity contribution >= 4 is 0 Å². The van der Waals surface area contributed by atoms with Crippen molar-refractivity contribution in [3.05, 3.63) is 35.6 Å². The summed E-state index contributed by atoms with van der Waals surface area (Å²) in [5.41, 5.74) is -0.951. The van der Waals surface area contributed by atoms with Crippen LogP contribution in [0.5, 0.6) is 0 Å². The van der Waals surface area contributed by atoms with Crippen molar-refractivity contribution in [2.45, 2.75) is 80.2 Å². The maximum absolute atomic E-state index is 13.2. The molecule has 1 saturated carbocycles. The second kappa shape index (κ2) is 10.0. The maximum Gasteiger partial charge on any atom is 0.249 e. The summed E-state index contributed by atoms with van der Waals surface area (Å²) in [7, 11) is 4.92. The lowest BCUT2D eigenvalue weighted by Crippen LogP contribution is -2.81. The first-order chi connectivity index (χ1) is 16.2. The molecule has 0 aromatic heterocycles. The fraction of sp³-hybridized carbons (Fsp3) is 0.739. The van der Waals surface area contributed by atoms with Crippen LogP contribution in [0.15, 0.2) is 24.3 Å². The molecule has 34 heavy (non-hydrogen) atoms. The Morgan fingerprint density at radius 3 is 2.38 bits per heavy atom. The van der Waals surface area contributed by atoms with E-state index in [0.29, 0.717) is 6.54 Å². The fourth-order valence-corrected chi connectivity index (χ4v) is 5.50. The van der Waals surface area contributed by atoms with E-state index in [0.717, 1.165) is 5.56 Å². The maximum atomic E-state index is 13.2. The highest BCUT2D eigenvalue weighted by Crippen LogP contribution is 2.46. The van der Waals surface area contributed by atoms with E-state index in [-0.39, 0.29) is 18.8 Å². The monoisotopic (exact) mass is 485 g/mol. The van der Waals surface area contributed by atoms with E-state index in [1.54, 1.807) is 33.2 Å². The number of fused-ring (bicyclic) bond motifs is 2. The lowest BCUT2D eigenvalue weighted by Gasteiger charge is -2.60. The number of methoxy groups -OCH3 is 1. The van der Waals surface area contributed by atoms with E-state index >= 15 is 0 Å². The molecule has 10 nitrogen and oxygen atoms in total. The van der Waals surface area contributed by atoms with Crippen LogP contribution in [-0.4, -0.2) is 103 Å². The van der Waals surface area contributed by atoms with Crippen LogP contribution >= 0.6 is 0 Å². The van der Waals surface area contributed by atoms with Crippen LogP contribution < -0.4 is 16.0 Å². The highest BCUT2D eigenvalue weighted by Gasteiger charge is 2.68. The SMILES string of the molecule is CN[C@@H]1[C@H](O)[C@H](NC)[C@H]2O[C@]3(O)[C@H](OC2[C@H]1OC)O[C@H](C)C[C@]3(O)CNCc1ccc(F)cc1. The van der Waals surface area contributed by atoms with E-state index in [9.17, 15) is 19.7 Å². The highest BCUT2D eigenvalue weighted by molar-refractivity contribution is 5.16. The fourth-order valence-electron chi connectivity index (χ4n) is 5.50. The van der Waals surface area contributed by atoms with Crippen LogP contribution in [0.25, 0.3) is 0 Å². The Balaban J connectivity index is 1.58. The third-order valence-electron chi connectivity index (χ3n) is 7.25. The van der Waals surface area contributed by atoms with E-state index in [2.05, 4.69) is 16.0 Å². The first-order valence-electron chi connectivity index (χ1n) is 11.6. The van der Waals surface area contributed by atoms with Gasteiger partial charge in [0.15, 0.2) is 0 Å². The second-order valence-corrected chi connectivity index (χ2v) is 9.44. The molecule has 0 radical (unpaired) electrons. The zero-order valence-corrected chi connectivity index (χ0v) is 19.9. The van der Waals surface area contributed by atoms with E-state index in [1.807, 2.05) is 0 Å². The van der Waals surface area contributed by atoms with Gasteiger partial charge in [-0.2, -0.15) is 0 Å². The van der Waals surface area contributed by atoms with E-state index in [4.69, 9.17) is 18.9 Å². The van der Waals surface area contributed by atoms with Gasteiger partial charge in [-0.3, -0.25) is 0 Å². The Morgan fingerprint density at radius 2 is 1.76 bits per heavy atom. The number of rotatable bonds is 7. The van der Waals surface area contributed by atoms with Crippen molar-refractivity contribution in [3.63, 3.8) is 0 Å². The van der Waals surface area contributed by atoms with E-state index < -0.39 is 60.3 Å². The number of ether oxygens (including phenoxy) is 4. The van der Waals surface area contributed by atoms with Crippen molar-refractivity contribution in [3.8, 4) is 0 Å². The molecule has 10 atom stereocenters. The van der Waals surface area contributed by atoms with Gasteiger partial charge in [0.1, 0.15) is 29.7 Å². The quantitative estimate of drug-likeness (QED) is 0.280. The number of halogens is 1. The number of hydrogen-bond acceptors (Lipinski definition) is 10. The van der Waals surface area contributed by atoms with Gasteiger partial charge in [-0.25, -0.2) is 4.39 Å². The third-order valence-corrected chi connectivity index (χ3v) is 7.25. The van der Waals surface area contributed by atoms with E-state index in [1.165, 1.54) is 19.2 Å². The summed E-state index contributed by atoms with van der Waals surface area (Å²) >= 11 is 0. The average Bonchev–Trinajstić information content (AvgIpc) is 2.79. The largest absolute Gasteiger partial charge is 0.390 e. The normalized spacial score (nSPS) is 44.4. The molecular formula is C23H36FN3O7. The number of nitrogens with one attached hydrogen (secondary N) is 3. The van der Waals surface area contributed by atoms with Gasteiger partial charge in [0, 0.05) is 26.6 Å². The molecule has 1 aromatic carbocycles. The molecule has 0 spiro atoms. The van der Waals surface area contributed by atoms with Crippen LogP contribution in [-0.2, 0) is 25.5 Å². The summed E-state index contributed by atoms with van der Waals surface area (Å²) < 4.78 is 37.1. The molecule has 4 rings (SSSR count). The van der Waals surface area contributed by atoms with Gasteiger partial charge >= 0.3 is 0 Å². The lowest BCUT2D eigenvalue weighted by molar-refractivity contribution is -0.482. The average molecular weight is 486 g/mol. The molecule has 0 amide bonds. The Hall–Kier alpha value is -1.25. The molecular weight excluding hydrogens is 449 g/mol. The molecule has 3 aliphatic rings. The number of hydrogen-bond donors (Lipinski definition) is 6. The van der Waals surface area contributed by atoms with Crippen molar-refractivity contribution in [2.75, 3.05) is 27.7 Å². The molecule has 1 aromatic rings. The molecule has 11 heteroatoms. The molecule has 192 valence electrons. The minimum absolute atomic E-state index is 0.0363. The summed E-state index contributed by atoms with van der Waals surface area (Å²) in [4.78, 5) is 0. The molecule has 3 fully saturated rings. The van der Waals surface area contributed by atoms with Crippen LogP contribution in [0.3, 0.4) is 0 Å². The summed E-state index contributed by atoms with van der Waals surface area (Å²) in [6.45, 7) is 2.09. The van der Waals surface area contributed by atoms with Crippen LogP contribution in [0.2, 0.25) is 0 Å². The summed E-state index contributed by atoms with van der Waals surface area (Å²) in [5, 5.41) is 43.6. The molecule has 1 unspecified atom stereocenters. The Morgan fingerprint density at radius 1 is 1.09 bits per heavy atom. The minimum atomic E-state index is -2.21. The molecule has 2 heterocycles. The van der Waals surface area contributed by atoms with Gasteiger partial charge in [0.25, 0.3) is 0 Å². The van der Waals surface area contributed by atoms with Crippen LogP contribution in [0.4, 0.5) is 4.39 Å². The summed E-state index contributed by atoms with van der Waals surface area (Å²) in [6, 6.07) is 4.93. The topological polar surface area (TPSA) is 134 Å². The number of aliphatic hydroxyl groups is 3. The van der Waals surface area contributed by atoms with Crippen LogP contribution in [0.1, 0.15) is 18.9 Å². The number of benzene rings is 1. The van der Waals surface area contributed by atoms with Crippen molar-refractivity contribution in [2.24, 2.45) is 0 Å². The van der Waals surface area contributed by atoms with Crippen molar-refractivity contribution in [1.29, 1.82) is 0 Å². The predicted octanol–water partition coefficient (Wildman–Crippen LogP) is -1.18. The summed E-state index contributed by atoms with van der Waals surface area (Å²) in [5.74, 6) is -2.54. The molecule has 0 bridgehead atoms. The summed E-state index contributed by atoms with van der Waals surface area (Å²) in [6.07, 6.45) is -4.66. The zero-order chi connectivity index (χ0) is 24.7. The second-order valence-electron chi connectivity index (χ2n) is 9.44. The molecule has 2 aliphatic heterocycles. The van der Waals surface area contributed by atoms with Gasteiger partial charge in [0.05, 0.1) is 24.3 Å². The minimum Gasteiger partial charge on any atom is -0.390 e. The standard InChI is InChI=1S/C23H36FN3O7/c1-12-9-22(29,11-27-10-13-5-7-14(24)8-6-13)23(30)21(32-12)33-20-18(31-4)15(25-2)17(28)16(26-3)19(20)34-23/h5-8,12,15-21,25-30H,9-11H2,1-4H3/t12-,15-,16+,17+,18+,19-,20?,21+,22+,23-/m1/s1.